The largest absolute Gasteiger partial charge is 0.479 e. The number of hydrogen-bond donors (Lipinski definition) is 1. The van der Waals surface area contributed by atoms with Crippen molar-refractivity contribution in [3.63, 3.8) is 0 Å². The number of nitrogens with one attached hydrogen (secondary N) is 1. The Bertz CT molecular complexity index is 1340. The number of nitrogens with zero attached hydrogens (tertiary/aromatic N) is 7. The minimum Gasteiger partial charge on any atom is -0.479 e. The van der Waals surface area contributed by atoms with E-state index in [1.165, 1.54) is 40.6 Å². The Morgan fingerprint density at radius 1 is 1.11 bits per heavy atom. The molecule has 194 valence electrons. The lowest BCUT2D eigenvalue weighted by molar-refractivity contribution is 0.0950. The third kappa shape index (κ3) is 4.75. The van der Waals surface area contributed by atoms with Gasteiger partial charge in [0.2, 0.25) is 27.7 Å². The fourth-order valence-electron chi connectivity index (χ4n) is 3.50. The predicted molar refractivity (Wildman–Crippen MR) is 121 cm³/mol. The highest BCUT2D eigenvalue weighted by Crippen LogP contribution is 2.56. The first-order chi connectivity index (χ1) is 17.0. The zero-order chi connectivity index (χ0) is 26.3. The van der Waals surface area contributed by atoms with Crippen LogP contribution in [0, 0.1) is 0 Å². The van der Waals surface area contributed by atoms with Gasteiger partial charge in [-0.05, 0) is 6.92 Å². The highest BCUT2D eigenvalue weighted by atomic mass is 35.5. The van der Waals surface area contributed by atoms with E-state index in [-0.39, 0.29) is 34.1 Å². The summed E-state index contributed by atoms with van der Waals surface area (Å²) in [5.74, 6) is -5.07. The molecule has 1 fully saturated rings. The quantitative estimate of drug-likeness (QED) is 0.397. The van der Waals surface area contributed by atoms with Gasteiger partial charge in [0, 0.05) is 25.9 Å². The van der Waals surface area contributed by atoms with Crippen LogP contribution in [0.3, 0.4) is 0 Å². The van der Waals surface area contributed by atoms with E-state index in [0.717, 1.165) is 10.9 Å². The molecule has 0 radical (unpaired) electrons. The third-order valence-corrected chi connectivity index (χ3v) is 7.38. The number of aromatic nitrogens is 7. The maximum Gasteiger partial charge on any atom is 0.259 e. The molecule has 36 heavy (non-hydrogen) atoms. The molecular weight excluding hydrogens is 526 g/mol. The molecule has 3 heterocycles. The summed E-state index contributed by atoms with van der Waals surface area (Å²) in [6.07, 6.45) is 2.14. The smallest absolute Gasteiger partial charge is 0.259 e. The minimum atomic E-state index is -4.29. The van der Waals surface area contributed by atoms with Gasteiger partial charge in [0.15, 0.2) is 11.5 Å². The zero-order valence-corrected chi connectivity index (χ0v) is 21.0. The van der Waals surface area contributed by atoms with Crippen LogP contribution < -0.4 is 14.2 Å². The first-order valence-corrected chi connectivity index (χ1v) is 12.2. The van der Waals surface area contributed by atoms with Crippen molar-refractivity contribution >= 4 is 27.6 Å². The van der Waals surface area contributed by atoms with Crippen LogP contribution in [0.2, 0.25) is 5.02 Å². The molecule has 3 aromatic rings. The summed E-state index contributed by atoms with van der Waals surface area (Å²) in [7, 11) is -0.414. The molecule has 0 saturated heterocycles. The van der Waals surface area contributed by atoms with Gasteiger partial charge < -0.3 is 14.2 Å². The molecule has 0 spiro atoms. The minimum absolute atomic E-state index is 0.0557. The molecule has 1 N–H and O–H groups in total. The predicted octanol–water partition coefficient (Wildman–Crippen LogP) is 2.16. The lowest BCUT2D eigenvalue weighted by Crippen LogP contribution is -2.33. The SMILES string of the molecule is COc1ncnc(OC)c1-n1c(NS(=O)(=O)[C@@H](C)[C@H](OC)c2ncc(Cl)cn2)nnc1[C@@H]1CC1(F)F. The van der Waals surface area contributed by atoms with Crippen LogP contribution in [-0.2, 0) is 14.8 Å². The van der Waals surface area contributed by atoms with Gasteiger partial charge in [0.1, 0.15) is 23.5 Å². The highest BCUT2D eigenvalue weighted by molar-refractivity contribution is 7.93. The van der Waals surface area contributed by atoms with Gasteiger partial charge in [-0.15, -0.1) is 10.2 Å². The Kier molecular flexibility index (Phi) is 6.94. The molecule has 13 nitrogen and oxygen atoms in total. The van der Waals surface area contributed by atoms with E-state index >= 15 is 0 Å². The summed E-state index contributed by atoms with van der Waals surface area (Å²) in [6.45, 7) is 1.36. The van der Waals surface area contributed by atoms with E-state index in [0.29, 0.717) is 0 Å². The monoisotopic (exact) mass is 546 g/mol. The van der Waals surface area contributed by atoms with E-state index in [1.54, 1.807) is 0 Å². The number of sulfonamides is 1. The molecule has 0 unspecified atom stereocenters. The van der Waals surface area contributed by atoms with Gasteiger partial charge in [0.05, 0.1) is 25.2 Å². The molecule has 4 rings (SSSR count). The van der Waals surface area contributed by atoms with E-state index in [1.807, 2.05) is 0 Å². The molecule has 0 aliphatic heterocycles. The van der Waals surface area contributed by atoms with Crippen LogP contribution in [0.5, 0.6) is 11.8 Å². The van der Waals surface area contributed by atoms with Crippen molar-refractivity contribution in [3.8, 4) is 17.4 Å². The number of anilines is 1. The molecule has 0 amide bonds. The van der Waals surface area contributed by atoms with Crippen molar-refractivity contribution in [1.82, 2.24) is 34.7 Å². The standard InChI is InChI=1S/C19H21ClF2N8O5S/c1-9(13(33-2)14-23-6-10(20)7-24-14)36(31,32)29-18-28-27-15(11-5-19(11,21)22)30(18)12-16(34-3)25-8-26-17(12)35-4/h6-9,11,13H,5H2,1-4H3,(H,28,29)/t9-,11-,13-/m0/s1. The van der Waals surface area contributed by atoms with Crippen LogP contribution in [-0.4, -0.2) is 75.6 Å². The summed E-state index contributed by atoms with van der Waals surface area (Å²) in [4.78, 5) is 16.0. The first kappa shape index (κ1) is 25.8. The first-order valence-electron chi connectivity index (χ1n) is 10.3. The van der Waals surface area contributed by atoms with Crippen molar-refractivity contribution in [2.24, 2.45) is 0 Å². The highest BCUT2D eigenvalue weighted by Gasteiger charge is 2.60. The zero-order valence-electron chi connectivity index (χ0n) is 19.4. The topological polar surface area (TPSA) is 156 Å². The van der Waals surface area contributed by atoms with Crippen LogP contribution >= 0.6 is 11.6 Å². The Balaban J connectivity index is 1.78. The average Bonchev–Trinajstić information content (AvgIpc) is 3.30. The van der Waals surface area contributed by atoms with Crippen molar-refractivity contribution in [1.29, 1.82) is 0 Å². The molecule has 3 aromatic heterocycles. The third-order valence-electron chi connectivity index (χ3n) is 5.49. The van der Waals surface area contributed by atoms with Gasteiger partial charge in [-0.1, -0.05) is 11.6 Å². The van der Waals surface area contributed by atoms with Crippen LogP contribution in [0.25, 0.3) is 5.69 Å². The lowest BCUT2D eigenvalue weighted by atomic mass is 10.2. The lowest BCUT2D eigenvalue weighted by Gasteiger charge is -2.22. The number of hydrogen-bond acceptors (Lipinski definition) is 11. The molecule has 3 atom stereocenters. The van der Waals surface area contributed by atoms with Gasteiger partial charge >= 0.3 is 0 Å². The van der Waals surface area contributed by atoms with Crippen molar-refractivity contribution < 1.29 is 31.4 Å². The fraction of sp³-hybridized carbons (Fsp3) is 0.474. The van der Waals surface area contributed by atoms with Crippen molar-refractivity contribution in [3.05, 3.63) is 35.4 Å². The van der Waals surface area contributed by atoms with E-state index < -0.39 is 45.6 Å². The molecule has 0 aromatic carbocycles. The molecule has 0 bridgehead atoms. The Morgan fingerprint density at radius 3 is 2.19 bits per heavy atom. The molecular formula is C19H21ClF2N8O5S. The van der Waals surface area contributed by atoms with Crippen molar-refractivity contribution in [2.45, 2.75) is 36.5 Å². The van der Waals surface area contributed by atoms with Gasteiger partial charge in [-0.3, -0.25) is 9.29 Å². The van der Waals surface area contributed by atoms with E-state index in [4.69, 9.17) is 25.8 Å². The maximum atomic E-state index is 14.0. The van der Waals surface area contributed by atoms with Gasteiger partial charge in [-0.25, -0.2) is 27.2 Å². The summed E-state index contributed by atoms with van der Waals surface area (Å²) in [6, 6.07) is 0. The average molecular weight is 547 g/mol. The Morgan fingerprint density at radius 2 is 1.69 bits per heavy atom. The van der Waals surface area contributed by atoms with E-state index in [2.05, 4.69) is 34.9 Å². The Hall–Kier alpha value is -3.24. The van der Waals surface area contributed by atoms with E-state index in [9.17, 15) is 17.2 Å². The van der Waals surface area contributed by atoms with Gasteiger partial charge in [-0.2, -0.15) is 9.97 Å². The second-order valence-corrected chi connectivity index (χ2v) is 10.2. The van der Waals surface area contributed by atoms with Crippen LogP contribution in [0.1, 0.15) is 37.0 Å². The second-order valence-electron chi connectivity index (χ2n) is 7.74. The van der Waals surface area contributed by atoms with Gasteiger partial charge in [0.25, 0.3) is 5.92 Å². The second kappa shape index (κ2) is 9.67. The number of methoxy groups -OCH3 is 3. The summed E-state index contributed by atoms with van der Waals surface area (Å²) >= 11 is 5.82. The molecule has 17 heteroatoms. The summed E-state index contributed by atoms with van der Waals surface area (Å²) in [5.41, 5.74) is -0.0557. The van der Waals surface area contributed by atoms with Crippen LogP contribution in [0.15, 0.2) is 18.7 Å². The Labute approximate surface area is 209 Å². The molecule has 1 aliphatic carbocycles. The fourth-order valence-corrected chi connectivity index (χ4v) is 4.73. The molecule has 1 saturated carbocycles. The van der Waals surface area contributed by atoms with Crippen molar-refractivity contribution in [2.75, 3.05) is 26.1 Å². The number of ether oxygens (including phenoxy) is 3. The van der Waals surface area contributed by atoms with Crippen LogP contribution in [0.4, 0.5) is 14.7 Å². The normalized spacial score (nSPS) is 18.4. The number of alkyl halides is 2. The summed E-state index contributed by atoms with van der Waals surface area (Å²) < 4.78 is 74.0. The maximum absolute atomic E-state index is 14.0. The number of halogens is 3. The number of rotatable bonds is 10. The molecule has 1 aliphatic rings. The summed E-state index contributed by atoms with van der Waals surface area (Å²) in [5, 5.41) is 6.68.